The van der Waals surface area contributed by atoms with Crippen LogP contribution in [-0.2, 0) is 7.05 Å². The molecule has 1 heterocycles. The Bertz CT molecular complexity index is 282. The summed E-state index contributed by atoms with van der Waals surface area (Å²) < 4.78 is 1.83. The second kappa shape index (κ2) is 4.11. The topological polar surface area (TPSA) is 43.8 Å². The van der Waals surface area contributed by atoms with Crippen LogP contribution in [0.2, 0.25) is 5.28 Å². The SMILES string of the molecule is CCC(C)C(N)c1cnc(Cl)n1C. The first-order valence-corrected chi connectivity index (χ1v) is 4.88. The van der Waals surface area contributed by atoms with Crippen molar-refractivity contribution in [3.63, 3.8) is 0 Å². The Labute approximate surface area is 83.9 Å². The van der Waals surface area contributed by atoms with Crippen LogP contribution in [0.1, 0.15) is 32.0 Å². The van der Waals surface area contributed by atoms with E-state index in [4.69, 9.17) is 17.3 Å². The van der Waals surface area contributed by atoms with Crippen LogP contribution < -0.4 is 5.73 Å². The van der Waals surface area contributed by atoms with E-state index in [1.165, 1.54) is 0 Å². The average molecular weight is 202 g/mol. The number of rotatable bonds is 3. The summed E-state index contributed by atoms with van der Waals surface area (Å²) in [5.74, 6) is 0.450. The van der Waals surface area contributed by atoms with Gasteiger partial charge in [-0.15, -0.1) is 0 Å². The van der Waals surface area contributed by atoms with Gasteiger partial charge in [0.15, 0.2) is 0 Å². The van der Waals surface area contributed by atoms with Gasteiger partial charge in [0, 0.05) is 13.1 Å². The van der Waals surface area contributed by atoms with E-state index in [-0.39, 0.29) is 6.04 Å². The van der Waals surface area contributed by atoms with Crippen molar-refractivity contribution in [3.05, 3.63) is 17.2 Å². The van der Waals surface area contributed by atoms with Crippen molar-refractivity contribution in [2.24, 2.45) is 18.7 Å². The summed E-state index contributed by atoms with van der Waals surface area (Å²) in [5, 5.41) is 0.494. The number of halogens is 1. The summed E-state index contributed by atoms with van der Waals surface area (Å²) in [4.78, 5) is 4.00. The average Bonchev–Trinajstić information content (AvgIpc) is 2.45. The van der Waals surface area contributed by atoms with Gasteiger partial charge in [-0.05, 0) is 17.5 Å². The lowest BCUT2D eigenvalue weighted by Gasteiger charge is -2.18. The summed E-state index contributed by atoms with van der Waals surface area (Å²) in [5.41, 5.74) is 7.04. The third kappa shape index (κ3) is 2.03. The van der Waals surface area contributed by atoms with Crippen LogP contribution in [0, 0.1) is 5.92 Å². The first-order chi connectivity index (χ1) is 6.07. The quantitative estimate of drug-likeness (QED) is 0.814. The second-order valence-electron chi connectivity index (χ2n) is 3.42. The van der Waals surface area contributed by atoms with Crippen LogP contribution in [0.4, 0.5) is 0 Å². The molecule has 0 spiro atoms. The fraction of sp³-hybridized carbons (Fsp3) is 0.667. The Morgan fingerprint density at radius 2 is 2.31 bits per heavy atom. The number of imidazole rings is 1. The van der Waals surface area contributed by atoms with E-state index in [0.29, 0.717) is 11.2 Å². The minimum absolute atomic E-state index is 0.0231. The molecule has 0 saturated heterocycles. The van der Waals surface area contributed by atoms with Crippen molar-refractivity contribution in [3.8, 4) is 0 Å². The molecule has 2 unspecified atom stereocenters. The highest BCUT2D eigenvalue weighted by Crippen LogP contribution is 2.23. The van der Waals surface area contributed by atoms with Crippen molar-refractivity contribution in [1.29, 1.82) is 0 Å². The highest BCUT2D eigenvalue weighted by Gasteiger charge is 2.17. The van der Waals surface area contributed by atoms with Crippen LogP contribution in [0.15, 0.2) is 6.20 Å². The molecule has 2 atom stereocenters. The molecular formula is C9H16ClN3. The molecule has 2 N–H and O–H groups in total. The van der Waals surface area contributed by atoms with Crippen molar-refractivity contribution >= 4 is 11.6 Å². The molecule has 3 nitrogen and oxygen atoms in total. The number of aromatic nitrogens is 2. The van der Waals surface area contributed by atoms with Gasteiger partial charge in [-0.1, -0.05) is 20.3 Å². The maximum absolute atomic E-state index is 6.04. The third-order valence-corrected chi connectivity index (χ3v) is 2.92. The summed E-state index contributed by atoms with van der Waals surface area (Å²) in [6.07, 6.45) is 2.81. The van der Waals surface area contributed by atoms with E-state index < -0.39 is 0 Å². The molecule has 1 aromatic rings. The van der Waals surface area contributed by atoms with Crippen molar-refractivity contribution in [2.45, 2.75) is 26.3 Å². The predicted molar refractivity (Wildman–Crippen MR) is 54.6 cm³/mol. The zero-order valence-corrected chi connectivity index (χ0v) is 9.04. The first kappa shape index (κ1) is 10.5. The second-order valence-corrected chi connectivity index (χ2v) is 3.76. The minimum Gasteiger partial charge on any atom is -0.322 e. The van der Waals surface area contributed by atoms with Crippen LogP contribution in [0.25, 0.3) is 0 Å². The van der Waals surface area contributed by atoms with E-state index in [9.17, 15) is 0 Å². The Kier molecular flexibility index (Phi) is 3.33. The number of nitrogens with two attached hydrogens (primary N) is 1. The van der Waals surface area contributed by atoms with Gasteiger partial charge >= 0.3 is 0 Å². The number of hydrogen-bond donors (Lipinski definition) is 1. The van der Waals surface area contributed by atoms with Gasteiger partial charge in [0.2, 0.25) is 5.28 Å². The summed E-state index contributed by atoms with van der Waals surface area (Å²) in [6.45, 7) is 4.26. The predicted octanol–water partition coefficient (Wildman–Crippen LogP) is 2.12. The van der Waals surface area contributed by atoms with Crippen molar-refractivity contribution in [1.82, 2.24) is 9.55 Å². The number of hydrogen-bond acceptors (Lipinski definition) is 2. The zero-order chi connectivity index (χ0) is 10.0. The monoisotopic (exact) mass is 201 g/mol. The molecule has 0 aliphatic heterocycles. The summed E-state index contributed by atoms with van der Waals surface area (Å²) in [6, 6.07) is 0.0231. The highest BCUT2D eigenvalue weighted by molar-refractivity contribution is 6.28. The standard InChI is InChI=1S/C9H16ClN3/c1-4-6(2)8(11)7-5-12-9(10)13(7)3/h5-6,8H,4,11H2,1-3H3. The van der Waals surface area contributed by atoms with Crippen LogP contribution in [-0.4, -0.2) is 9.55 Å². The molecular weight excluding hydrogens is 186 g/mol. The van der Waals surface area contributed by atoms with E-state index in [1.807, 2.05) is 11.6 Å². The van der Waals surface area contributed by atoms with Gasteiger partial charge < -0.3 is 10.3 Å². The molecule has 0 radical (unpaired) electrons. The fourth-order valence-corrected chi connectivity index (χ4v) is 1.40. The Morgan fingerprint density at radius 1 is 1.69 bits per heavy atom. The normalized spacial score (nSPS) is 15.8. The largest absolute Gasteiger partial charge is 0.322 e. The Hall–Kier alpha value is -0.540. The molecule has 13 heavy (non-hydrogen) atoms. The molecule has 0 aromatic carbocycles. The zero-order valence-electron chi connectivity index (χ0n) is 8.29. The highest BCUT2D eigenvalue weighted by atomic mass is 35.5. The maximum Gasteiger partial charge on any atom is 0.202 e. The molecule has 0 saturated carbocycles. The summed E-state index contributed by atoms with van der Waals surface area (Å²) >= 11 is 5.82. The molecule has 1 rings (SSSR count). The smallest absolute Gasteiger partial charge is 0.202 e. The van der Waals surface area contributed by atoms with Crippen LogP contribution in [0.5, 0.6) is 0 Å². The first-order valence-electron chi connectivity index (χ1n) is 4.50. The van der Waals surface area contributed by atoms with Gasteiger partial charge in [0.25, 0.3) is 0 Å². The molecule has 74 valence electrons. The lowest BCUT2D eigenvalue weighted by molar-refractivity contribution is 0.439. The van der Waals surface area contributed by atoms with Gasteiger partial charge in [-0.2, -0.15) is 0 Å². The molecule has 1 aromatic heterocycles. The van der Waals surface area contributed by atoms with E-state index >= 15 is 0 Å². The molecule has 0 bridgehead atoms. The molecule has 0 aliphatic rings. The fourth-order valence-electron chi connectivity index (χ4n) is 1.25. The minimum atomic E-state index is 0.0231. The Morgan fingerprint density at radius 3 is 2.69 bits per heavy atom. The summed E-state index contributed by atoms with van der Waals surface area (Å²) in [7, 11) is 1.88. The van der Waals surface area contributed by atoms with E-state index in [1.54, 1.807) is 6.20 Å². The third-order valence-electron chi connectivity index (χ3n) is 2.57. The Balaban J connectivity index is 2.88. The van der Waals surface area contributed by atoms with Crippen molar-refractivity contribution in [2.75, 3.05) is 0 Å². The van der Waals surface area contributed by atoms with Gasteiger partial charge in [-0.25, -0.2) is 4.98 Å². The molecule has 0 amide bonds. The van der Waals surface area contributed by atoms with Crippen molar-refractivity contribution < 1.29 is 0 Å². The lowest BCUT2D eigenvalue weighted by atomic mass is 9.98. The van der Waals surface area contributed by atoms with Gasteiger partial charge in [-0.3, -0.25) is 0 Å². The van der Waals surface area contributed by atoms with Gasteiger partial charge in [0.1, 0.15) is 0 Å². The van der Waals surface area contributed by atoms with Crippen LogP contribution >= 0.6 is 11.6 Å². The lowest BCUT2D eigenvalue weighted by Crippen LogP contribution is -2.21. The van der Waals surface area contributed by atoms with Crippen LogP contribution in [0.3, 0.4) is 0 Å². The maximum atomic E-state index is 6.04. The molecule has 0 aliphatic carbocycles. The van der Waals surface area contributed by atoms with Gasteiger partial charge in [0.05, 0.1) is 11.9 Å². The number of nitrogens with zero attached hydrogens (tertiary/aromatic N) is 2. The van der Waals surface area contributed by atoms with E-state index in [0.717, 1.165) is 12.1 Å². The molecule has 0 fully saturated rings. The van der Waals surface area contributed by atoms with E-state index in [2.05, 4.69) is 18.8 Å². The molecule has 4 heteroatoms.